The molecule has 0 aliphatic heterocycles. The van der Waals surface area contributed by atoms with Gasteiger partial charge in [0.15, 0.2) is 0 Å². The fourth-order valence-corrected chi connectivity index (χ4v) is 2.26. The third kappa shape index (κ3) is 2.56. The SMILES string of the molecule is Cc1cccc(N)c1NC(=O)c1ccc2ncccc2c1. The number of carbonyl (C=O) groups is 1. The van der Waals surface area contributed by atoms with E-state index in [9.17, 15) is 4.79 Å². The van der Waals surface area contributed by atoms with Gasteiger partial charge in [-0.15, -0.1) is 0 Å². The highest BCUT2D eigenvalue weighted by molar-refractivity contribution is 6.07. The molecule has 21 heavy (non-hydrogen) atoms. The number of rotatable bonds is 2. The number of nitrogen functional groups attached to an aromatic ring is 1. The van der Waals surface area contributed by atoms with E-state index in [4.69, 9.17) is 5.73 Å². The fourth-order valence-electron chi connectivity index (χ4n) is 2.26. The number of benzene rings is 2. The quantitative estimate of drug-likeness (QED) is 0.706. The number of nitrogens with zero attached hydrogens (tertiary/aromatic N) is 1. The molecule has 4 nitrogen and oxygen atoms in total. The molecule has 2 aromatic carbocycles. The number of fused-ring (bicyclic) bond motifs is 1. The van der Waals surface area contributed by atoms with Crippen LogP contribution >= 0.6 is 0 Å². The Morgan fingerprint density at radius 2 is 2.00 bits per heavy atom. The van der Waals surface area contributed by atoms with Crippen LogP contribution in [-0.4, -0.2) is 10.9 Å². The van der Waals surface area contributed by atoms with Crippen LogP contribution in [0.25, 0.3) is 10.9 Å². The maximum atomic E-state index is 12.4. The Bertz CT molecular complexity index is 807. The summed E-state index contributed by atoms with van der Waals surface area (Å²) in [5.74, 6) is -0.179. The summed E-state index contributed by atoms with van der Waals surface area (Å²) in [6, 6.07) is 14.8. The molecular weight excluding hydrogens is 262 g/mol. The highest BCUT2D eigenvalue weighted by Gasteiger charge is 2.10. The van der Waals surface area contributed by atoms with Gasteiger partial charge in [0, 0.05) is 17.1 Å². The van der Waals surface area contributed by atoms with E-state index < -0.39 is 0 Å². The molecule has 4 heteroatoms. The van der Waals surface area contributed by atoms with Crippen molar-refractivity contribution in [3.8, 4) is 0 Å². The minimum absolute atomic E-state index is 0.179. The standard InChI is InChI=1S/C17H15N3O/c1-11-4-2-6-14(18)16(11)20-17(21)13-7-8-15-12(10-13)5-3-9-19-15/h2-10H,18H2,1H3,(H,20,21). The molecule has 1 heterocycles. The van der Waals surface area contributed by atoms with E-state index in [1.807, 2.05) is 43.3 Å². The summed E-state index contributed by atoms with van der Waals surface area (Å²) < 4.78 is 0. The molecule has 3 rings (SSSR count). The average molecular weight is 277 g/mol. The van der Waals surface area contributed by atoms with Crippen LogP contribution in [0.1, 0.15) is 15.9 Å². The molecule has 0 aliphatic rings. The normalized spacial score (nSPS) is 10.5. The number of anilines is 2. The average Bonchev–Trinajstić information content (AvgIpc) is 2.50. The molecule has 1 aromatic heterocycles. The third-order valence-corrected chi connectivity index (χ3v) is 3.41. The molecule has 1 amide bonds. The number of pyridine rings is 1. The second-order valence-electron chi connectivity index (χ2n) is 4.90. The zero-order chi connectivity index (χ0) is 14.8. The molecule has 0 aliphatic carbocycles. The lowest BCUT2D eigenvalue weighted by molar-refractivity contribution is 0.102. The van der Waals surface area contributed by atoms with Crippen LogP contribution in [0.3, 0.4) is 0 Å². The van der Waals surface area contributed by atoms with E-state index >= 15 is 0 Å². The Balaban J connectivity index is 1.94. The second-order valence-corrected chi connectivity index (χ2v) is 4.90. The first-order valence-electron chi connectivity index (χ1n) is 6.66. The smallest absolute Gasteiger partial charge is 0.255 e. The van der Waals surface area contributed by atoms with Gasteiger partial charge in [0.05, 0.1) is 16.9 Å². The predicted octanol–water partition coefficient (Wildman–Crippen LogP) is 3.38. The van der Waals surface area contributed by atoms with Crippen LogP contribution in [-0.2, 0) is 0 Å². The lowest BCUT2D eigenvalue weighted by atomic mass is 10.1. The maximum Gasteiger partial charge on any atom is 0.255 e. The zero-order valence-electron chi connectivity index (χ0n) is 11.6. The van der Waals surface area contributed by atoms with Crippen molar-refractivity contribution in [3.05, 3.63) is 65.9 Å². The first-order chi connectivity index (χ1) is 10.1. The first-order valence-corrected chi connectivity index (χ1v) is 6.66. The van der Waals surface area contributed by atoms with Crippen molar-refractivity contribution in [2.45, 2.75) is 6.92 Å². The molecule has 0 bridgehead atoms. The molecule has 0 saturated carbocycles. The van der Waals surface area contributed by atoms with Gasteiger partial charge in [-0.25, -0.2) is 0 Å². The number of aromatic nitrogens is 1. The number of aryl methyl sites for hydroxylation is 1. The Hall–Kier alpha value is -2.88. The molecule has 3 aromatic rings. The number of amides is 1. The topological polar surface area (TPSA) is 68.0 Å². The number of carbonyl (C=O) groups excluding carboxylic acids is 1. The third-order valence-electron chi connectivity index (χ3n) is 3.41. The number of nitrogens with two attached hydrogens (primary N) is 1. The van der Waals surface area contributed by atoms with Crippen molar-refractivity contribution >= 4 is 28.2 Å². The number of para-hydroxylation sites is 1. The summed E-state index contributed by atoms with van der Waals surface area (Å²) in [4.78, 5) is 16.6. The zero-order valence-corrected chi connectivity index (χ0v) is 11.6. The predicted molar refractivity (Wildman–Crippen MR) is 85.3 cm³/mol. The van der Waals surface area contributed by atoms with Crippen molar-refractivity contribution in [1.82, 2.24) is 4.98 Å². The van der Waals surface area contributed by atoms with Crippen LogP contribution in [0.2, 0.25) is 0 Å². The molecule has 0 atom stereocenters. The molecule has 0 radical (unpaired) electrons. The lowest BCUT2D eigenvalue weighted by Crippen LogP contribution is -2.14. The molecule has 0 spiro atoms. The maximum absolute atomic E-state index is 12.4. The summed E-state index contributed by atoms with van der Waals surface area (Å²) >= 11 is 0. The van der Waals surface area contributed by atoms with Crippen LogP contribution in [0.4, 0.5) is 11.4 Å². The van der Waals surface area contributed by atoms with E-state index in [-0.39, 0.29) is 5.91 Å². The van der Waals surface area contributed by atoms with E-state index in [1.54, 1.807) is 18.3 Å². The minimum atomic E-state index is -0.179. The van der Waals surface area contributed by atoms with Gasteiger partial charge < -0.3 is 11.1 Å². The van der Waals surface area contributed by atoms with E-state index in [1.165, 1.54) is 0 Å². The molecule has 104 valence electrons. The molecule has 0 saturated heterocycles. The van der Waals surface area contributed by atoms with Gasteiger partial charge in [-0.3, -0.25) is 9.78 Å². The van der Waals surface area contributed by atoms with Crippen molar-refractivity contribution in [2.24, 2.45) is 0 Å². The molecular formula is C17H15N3O. The molecule has 0 fully saturated rings. The van der Waals surface area contributed by atoms with Crippen LogP contribution in [0.5, 0.6) is 0 Å². The van der Waals surface area contributed by atoms with Gasteiger partial charge in [-0.1, -0.05) is 18.2 Å². The van der Waals surface area contributed by atoms with Crippen molar-refractivity contribution in [3.63, 3.8) is 0 Å². The van der Waals surface area contributed by atoms with Gasteiger partial charge in [-0.05, 0) is 42.8 Å². The largest absolute Gasteiger partial charge is 0.397 e. The highest BCUT2D eigenvalue weighted by Crippen LogP contribution is 2.23. The molecule has 0 unspecified atom stereocenters. The monoisotopic (exact) mass is 277 g/mol. The Kier molecular flexibility index (Phi) is 3.28. The summed E-state index contributed by atoms with van der Waals surface area (Å²) in [6.45, 7) is 1.91. The minimum Gasteiger partial charge on any atom is -0.397 e. The van der Waals surface area contributed by atoms with Crippen molar-refractivity contribution < 1.29 is 4.79 Å². The Morgan fingerprint density at radius 3 is 2.81 bits per heavy atom. The summed E-state index contributed by atoms with van der Waals surface area (Å²) in [5.41, 5.74) is 9.52. The van der Waals surface area contributed by atoms with Crippen LogP contribution in [0.15, 0.2) is 54.7 Å². The van der Waals surface area contributed by atoms with E-state index in [0.29, 0.717) is 16.9 Å². The summed E-state index contributed by atoms with van der Waals surface area (Å²) in [7, 11) is 0. The van der Waals surface area contributed by atoms with Gasteiger partial charge in [0.1, 0.15) is 0 Å². The number of nitrogens with one attached hydrogen (secondary N) is 1. The van der Waals surface area contributed by atoms with Crippen molar-refractivity contribution in [1.29, 1.82) is 0 Å². The van der Waals surface area contributed by atoms with Crippen LogP contribution in [0, 0.1) is 6.92 Å². The Morgan fingerprint density at radius 1 is 1.14 bits per heavy atom. The highest BCUT2D eigenvalue weighted by atomic mass is 16.1. The van der Waals surface area contributed by atoms with Crippen LogP contribution < -0.4 is 11.1 Å². The van der Waals surface area contributed by atoms with Gasteiger partial charge in [-0.2, -0.15) is 0 Å². The van der Waals surface area contributed by atoms with Gasteiger partial charge in [0.25, 0.3) is 5.91 Å². The van der Waals surface area contributed by atoms with Gasteiger partial charge in [0.2, 0.25) is 0 Å². The second kappa shape index (κ2) is 5.25. The van der Waals surface area contributed by atoms with E-state index in [2.05, 4.69) is 10.3 Å². The summed E-state index contributed by atoms with van der Waals surface area (Å²) in [6.07, 6.45) is 1.73. The number of hydrogen-bond acceptors (Lipinski definition) is 3. The van der Waals surface area contributed by atoms with E-state index in [0.717, 1.165) is 16.5 Å². The first kappa shape index (κ1) is 13.1. The molecule has 3 N–H and O–H groups in total. The number of hydrogen-bond donors (Lipinski definition) is 2. The fraction of sp³-hybridized carbons (Fsp3) is 0.0588. The van der Waals surface area contributed by atoms with Crippen molar-refractivity contribution in [2.75, 3.05) is 11.1 Å². The lowest BCUT2D eigenvalue weighted by Gasteiger charge is -2.11. The van der Waals surface area contributed by atoms with Gasteiger partial charge >= 0.3 is 0 Å². The summed E-state index contributed by atoms with van der Waals surface area (Å²) in [5, 5.41) is 3.81. The Labute approximate surface area is 122 Å².